The molecule has 9 heteroatoms. The van der Waals surface area contributed by atoms with Gasteiger partial charge >= 0.3 is 0 Å². The van der Waals surface area contributed by atoms with Gasteiger partial charge in [-0.05, 0) is 29.8 Å². The molecular weight excluding hydrogens is 418 g/mol. The van der Waals surface area contributed by atoms with Crippen LogP contribution >= 0.6 is 0 Å². The Kier molecular flexibility index (Phi) is 4.07. The Hall–Kier alpha value is -4.84. The van der Waals surface area contributed by atoms with Gasteiger partial charge in [0.15, 0.2) is 11.3 Å². The van der Waals surface area contributed by atoms with Gasteiger partial charge in [-0.1, -0.05) is 24.3 Å². The van der Waals surface area contributed by atoms with Gasteiger partial charge in [0.2, 0.25) is 17.7 Å². The maximum atomic E-state index is 9.96. The molecule has 9 nitrogen and oxygen atoms in total. The van der Waals surface area contributed by atoms with E-state index in [1.807, 2.05) is 59.3 Å². The van der Waals surface area contributed by atoms with Crippen LogP contribution < -0.4 is 10.5 Å². The Balaban J connectivity index is 1.54. The number of nitrogens with two attached hydrogens (primary N) is 1. The highest BCUT2D eigenvalue weighted by Crippen LogP contribution is 2.46. The summed E-state index contributed by atoms with van der Waals surface area (Å²) >= 11 is 0. The molecule has 1 atom stereocenters. The molecule has 2 N–H and O–H groups in total. The lowest BCUT2D eigenvalue weighted by Gasteiger charge is -2.24. The molecule has 0 amide bonds. The molecule has 4 heterocycles. The molecule has 1 unspecified atom stereocenters. The second-order valence-corrected chi connectivity index (χ2v) is 7.66. The first-order valence-corrected chi connectivity index (χ1v) is 10.2. The molecule has 160 valence electrons. The predicted octanol–water partition coefficient (Wildman–Crippen LogP) is 3.63. The highest BCUT2D eigenvalue weighted by atomic mass is 16.5. The van der Waals surface area contributed by atoms with Gasteiger partial charge in [0, 0.05) is 25.1 Å². The summed E-state index contributed by atoms with van der Waals surface area (Å²) in [7, 11) is 1.76. The number of imidazole rings is 1. The Morgan fingerprint density at radius 2 is 1.94 bits per heavy atom. The lowest BCUT2D eigenvalue weighted by atomic mass is 9.84. The van der Waals surface area contributed by atoms with Gasteiger partial charge in [-0.2, -0.15) is 10.4 Å². The second kappa shape index (κ2) is 7.10. The Bertz CT molecular complexity index is 1530. The zero-order chi connectivity index (χ0) is 22.5. The van der Waals surface area contributed by atoms with E-state index < -0.39 is 5.92 Å². The number of hydrogen-bond donors (Lipinski definition) is 1. The summed E-state index contributed by atoms with van der Waals surface area (Å²) in [6.07, 6.45) is 5.32. The van der Waals surface area contributed by atoms with Crippen LogP contribution in [0.1, 0.15) is 17.0 Å². The molecule has 0 radical (unpaired) electrons. The van der Waals surface area contributed by atoms with Crippen LogP contribution in [0.5, 0.6) is 5.88 Å². The quantitative estimate of drug-likeness (QED) is 0.459. The molecule has 3 aromatic heterocycles. The molecule has 0 saturated heterocycles. The van der Waals surface area contributed by atoms with E-state index in [1.54, 1.807) is 24.3 Å². The lowest BCUT2D eigenvalue weighted by molar-refractivity contribution is 0.358. The van der Waals surface area contributed by atoms with Crippen LogP contribution in [0.4, 0.5) is 0 Å². The van der Waals surface area contributed by atoms with Gasteiger partial charge in [0.25, 0.3) is 0 Å². The zero-order valence-electron chi connectivity index (χ0n) is 17.5. The SMILES string of the molecule is Cn1nc(-c2nc3ccccc3o2)c2c1OC(N)=C(C#N)C2c1ccc(-n2ccnc2)cc1. The molecule has 0 aliphatic carbocycles. The number of nitriles is 1. The number of rotatable bonds is 3. The predicted molar refractivity (Wildman–Crippen MR) is 119 cm³/mol. The van der Waals surface area contributed by atoms with Gasteiger partial charge in [0.1, 0.15) is 17.2 Å². The van der Waals surface area contributed by atoms with Crippen LogP contribution in [-0.4, -0.2) is 24.3 Å². The molecule has 5 aromatic rings. The van der Waals surface area contributed by atoms with Crippen molar-refractivity contribution in [2.24, 2.45) is 12.8 Å². The minimum absolute atomic E-state index is 0.0563. The van der Waals surface area contributed by atoms with Gasteiger partial charge < -0.3 is 19.5 Å². The Morgan fingerprint density at radius 1 is 1.12 bits per heavy atom. The molecule has 33 heavy (non-hydrogen) atoms. The minimum Gasteiger partial charge on any atom is -0.435 e. The third kappa shape index (κ3) is 2.89. The molecule has 1 aliphatic rings. The van der Waals surface area contributed by atoms with Crippen molar-refractivity contribution in [1.82, 2.24) is 24.3 Å². The fraction of sp³-hybridized carbons (Fsp3) is 0.0833. The van der Waals surface area contributed by atoms with Crippen molar-refractivity contribution in [3.8, 4) is 29.2 Å². The van der Waals surface area contributed by atoms with Crippen molar-refractivity contribution < 1.29 is 9.15 Å². The number of benzene rings is 2. The van der Waals surface area contributed by atoms with Crippen molar-refractivity contribution in [3.05, 3.63) is 89.8 Å². The summed E-state index contributed by atoms with van der Waals surface area (Å²) in [5, 5.41) is 14.6. The third-order valence-electron chi connectivity index (χ3n) is 5.72. The molecule has 0 fully saturated rings. The van der Waals surface area contributed by atoms with Gasteiger partial charge in [-0.3, -0.25) is 0 Å². The van der Waals surface area contributed by atoms with Crippen molar-refractivity contribution in [2.45, 2.75) is 5.92 Å². The van der Waals surface area contributed by atoms with E-state index in [9.17, 15) is 5.26 Å². The van der Waals surface area contributed by atoms with Gasteiger partial charge in [-0.25, -0.2) is 14.6 Å². The van der Waals surface area contributed by atoms with Crippen LogP contribution in [0.2, 0.25) is 0 Å². The molecule has 0 bridgehead atoms. The average molecular weight is 435 g/mol. The van der Waals surface area contributed by atoms with E-state index in [-0.39, 0.29) is 5.88 Å². The van der Waals surface area contributed by atoms with E-state index in [4.69, 9.17) is 14.9 Å². The Morgan fingerprint density at radius 3 is 2.67 bits per heavy atom. The van der Waals surface area contributed by atoms with Crippen molar-refractivity contribution >= 4 is 11.1 Å². The van der Waals surface area contributed by atoms with E-state index >= 15 is 0 Å². The number of hydrogen-bond acceptors (Lipinski definition) is 7. The van der Waals surface area contributed by atoms with E-state index in [0.717, 1.165) is 16.8 Å². The van der Waals surface area contributed by atoms with E-state index in [0.29, 0.717) is 34.2 Å². The fourth-order valence-corrected chi connectivity index (χ4v) is 4.19. The molecule has 2 aromatic carbocycles. The highest BCUT2D eigenvalue weighted by molar-refractivity contribution is 5.77. The number of aromatic nitrogens is 5. The number of para-hydroxylation sites is 2. The summed E-state index contributed by atoms with van der Waals surface area (Å²) < 4.78 is 15.3. The number of allylic oxidation sites excluding steroid dienone is 1. The maximum Gasteiger partial charge on any atom is 0.248 e. The first-order valence-electron chi connectivity index (χ1n) is 10.2. The van der Waals surface area contributed by atoms with E-state index in [1.165, 1.54) is 0 Å². The van der Waals surface area contributed by atoms with Crippen molar-refractivity contribution in [2.75, 3.05) is 0 Å². The zero-order valence-corrected chi connectivity index (χ0v) is 17.5. The molecule has 6 rings (SSSR count). The fourth-order valence-electron chi connectivity index (χ4n) is 4.19. The number of aryl methyl sites for hydroxylation is 1. The average Bonchev–Trinajstić information content (AvgIpc) is 3.58. The first kappa shape index (κ1) is 18.9. The van der Waals surface area contributed by atoms with Crippen LogP contribution in [0.3, 0.4) is 0 Å². The number of nitrogens with zero attached hydrogens (tertiary/aromatic N) is 6. The maximum absolute atomic E-state index is 9.96. The molecule has 0 saturated carbocycles. The van der Waals surface area contributed by atoms with Crippen LogP contribution in [0.25, 0.3) is 28.4 Å². The number of oxazole rings is 1. The summed E-state index contributed by atoms with van der Waals surface area (Å²) in [5.41, 5.74) is 10.9. The summed E-state index contributed by atoms with van der Waals surface area (Å²) in [5.74, 6) is 0.372. The van der Waals surface area contributed by atoms with Gasteiger partial charge in [0.05, 0.1) is 17.8 Å². The van der Waals surface area contributed by atoms with Crippen LogP contribution in [0, 0.1) is 11.3 Å². The normalized spacial score (nSPS) is 15.3. The topological polar surface area (TPSA) is 121 Å². The lowest BCUT2D eigenvalue weighted by Crippen LogP contribution is -2.21. The number of fused-ring (bicyclic) bond motifs is 2. The second-order valence-electron chi connectivity index (χ2n) is 7.66. The largest absolute Gasteiger partial charge is 0.435 e. The summed E-state index contributed by atoms with van der Waals surface area (Å²) in [6.45, 7) is 0. The minimum atomic E-state index is -0.491. The van der Waals surface area contributed by atoms with Gasteiger partial charge in [-0.15, -0.1) is 0 Å². The summed E-state index contributed by atoms with van der Waals surface area (Å²) in [4.78, 5) is 8.70. The van der Waals surface area contributed by atoms with Crippen LogP contribution in [0.15, 0.2) is 83.1 Å². The smallest absolute Gasteiger partial charge is 0.248 e. The third-order valence-corrected chi connectivity index (χ3v) is 5.72. The van der Waals surface area contributed by atoms with Crippen LogP contribution in [-0.2, 0) is 7.05 Å². The first-order chi connectivity index (χ1) is 16.1. The summed E-state index contributed by atoms with van der Waals surface area (Å²) in [6, 6.07) is 17.6. The number of ether oxygens (including phenoxy) is 1. The van der Waals surface area contributed by atoms with Crippen molar-refractivity contribution in [1.29, 1.82) is 5.26 Å². The molecule has 1 aliphatic heterocycles. The Labute approximate surface area is 188 Å². The standard InChI is InChI=1S/C24H17N7O2/c1-30-24-20(21(29-30)23-28-17-4-2-3-5-18(17)32-23)19(16(12-25)22(26)33-24)14-6-8-15(9-7-14)31-11-10-27-13-31/h2-11,13,19H,26H2,1H3. The monoisotopic (exact) mass is 435 g/mol. The van der Waals surface area contributed by atoms with Crippen molar-refractivity contribution in [3.63, 3.8) is 0 Å². The van der Waals surface area contributed by atoms with E-state index in [2.05, 4.69) is 21.1 Å². The highest BCUT2D eigenvalue weighted by Gasteiger charge is 2.38. The molecule has 0 spiro atoms. The molecular formula is C24H17N7O2.